The molecule has 0 aromatic carbocycles. The third-order valence-electron chi connectivity index (χ3n) is 3.54. The fraction of sp³-hybridized carbons (Fsp3) is 1.00. The van der Waals surface area contributed by atoms with Gasteiger partial charge in [-0.3, -0.25) is 0 Å². The van der Waals surface area contributed by atoms with Crippen molar-refractivity contribution in [1.82, 2.24) is 10.2 Å². The van der Waals surface area contributed by atoms with Gasteiger partial charge < -0.3 is 15.0 Å². The minimum Gasteiger partial charge on any atom is -0.379 e. The maximum absolute atomic E-state index is 5.50. The molecule has 1 saturated carbocycles. The Hall–Kier alpha value is -0.120. The van der Waals surface area contributed by atoms with Crippen molar-refractivity contribution in [3.8, 4) is 0 Å². The van der Waals surface area contributed by atoms with Crippen molar-refractivity contribution in [2.24, 2.45) is 0 Å². The Morgan fingerprint density at radius 2 is 1.94 bits per heavy atom. The van der Waals surface area contributed by atoms with Crippen LogP contribution in [0.1, 0.15) is 46.0 Å². The van der Waals surface area contributed by atoms with Gasteiger partial charge in [-0.05, 0) is 46.7 Å². The summed E-state index contributed by atoms with van der Waals surface area (Å²) in [6, 6.07) is 0.848. The SMILES string of the molecule is CC(C)OCCCNCCN(C)C1CCCC1. The summed E-state index contributed by atoms with van der Waals surface area (Å²) in [5.41, 5.74) is 0. The molecule has 17 heavy (non-hydrogen) atoms. The van der Waals surface area contributed by atoms with Gasteiger partial charge in [0.05, 0.1) is 6.10 Å². The van der Waals surface area contributed by atoms with Gasteiger partial charge in [-0.25, -0.2) is 0 Å². The van der Waals surface area contributed by atoms with Crippen LogP contribution in [0.25, 0.3) is 0 Å². The Bertz CT molecular complexity index is 179. The first-order valence-corrected chi connectivity index (χ1v) is 7.22. The van der Waals surface area contributed by atoms with Crippen LogP contribution in [0.2, 0.25) is 0 Å². The molecule has 3 heteroatoms. The van der Waals surface area contributed by atoms with E-state index in [0.29, 0.717) is 6.10 Å². The molecular formula is C14H30N2O. The minimum absolute atomic E-state index is 0.364. The highest BCUT2D eigenvalue weighted by atomic mass is 16.5. The Morgan fingerprint density at radius 1 is 1.24 bits per heavy atom. The molecule has 1 N–H and O–H groups in total. The van der Waals surface area contributed by atoms with Crippen LogP contribution in [-0.4, -0.2) is 50.3 Å². The van der Waals surface area contributed by atoms with E-state index < -0.39 is 0 Å². The van der Waals surface area contributed by atoms with E-state index in [1.54, 1.807) is 0 Å². The molecule has 0 aromatic rings. The first kappa shape index (κ1) is 14.9. The molecule has 0 unspecified atom stereocenters. The molecule has 0 aliphatic heterocycles. The Kier molecular flexibility index (Phi) is 7.82. The standard InChI is InChI=1S/C14H30N2O/c1-13(2)17-12-6-9-15-10-11-16(3)14-7-4-5-8-14/h13-15H,4-12H2,1-3H3. The zero-order valence-corrected chi connectivity index (χ0v) is 11.9. The summed E-state index contributed by atoms with van der Waals surface area (Å²) in [5.74, 6) is 0. The van der Waals surface area contributed by atoms with Crippen molar-refractivity contribution < 1.29 is 4.74 Å². The number of nitrogens with one attached hydrogen (secondary N) is 1. The molecule has 0 spiro atoms. The Morgan fingerprint density at radius 3 is 2.59 bits per heavy atom. The average Bonchev–Trinajstić information content (AvgIpc) is 2.80. The van der Waals surface area contributed by atoms with Crippen LogP contribution in [-0.2, 0) is 4.74 Å². The van der Waals surface area contributed by atoms with Gasteiger partial charge in [0.1, 0.15) is 0 Å². The number of ether oxygens (including phenoxy) is 1. The topological polar surface area (TPSA) is 24.5 Å². The van der Waals surface area contributed by atoms with E-state index >= 15 is 0 Å². The first-order chi connectivity index (χ1) is 8.20. The predicted octanol–water partition coefficient (Wildman–Crippen LogP) is 2.27. The van der Waals surface area contributed by atoms with Gasteiger partial charge in [0.2, 0.25) is 0 Å². The van der Waals surface area contributed by atoms with E-state index in [-0.39, 0.29) is 0 Å². The summed E-state index contributed by atoms with van der Waals surface area (Å²) in [5, 5.41) is 3.49. The van der Waals surface area contributed by atoms with Gasteiger partial charge in [0.15, 0.2) is 0 Å². The molecule has 0 amide bonds. The molecule has 0 radical (unpaired) electrons. The normalized spacial score (nSPS) is 17.5. The van der Waals surface area contributed by atoms with Gasteiger partial charge in [-0.15, -0.1) is 0 Å². The van der Waals surface area contributed by atoms with Crippen molar-refractivity contribution in [2.45, 2.75) is 58.1 Å². The quantitative estimate of drug-likeness (QED) is 0.628. The third kappa shape index (κ3) is 7.02. The minimum atomic E-state index is 0.364. The maximum atomic E-state index is 5.50. The lowest BCUT2D eigenvalue weighted by atomic mass is 10.2. The van der Waals surface area contributed by atoms with Gasteiger partial charge in [0.25, 0.3) is 0 Å². The number of nitrogens with zero attached hydrogens (tertiary/aromatic N) is 1. The molecule has 0 aromatic heterocycles. The molecule has 0 saturated heterocycles. The van der Waals surface area contributed by atoms with E-state index in [2.05, 4.69) is 31.1 Å². The highest BCUT2D eigenvalue weighted by molar-refractivity contribution is 4.75. The van der Waals surface area contributed by atoms with Crippen molar-refractivity contribution in [3.63, 3.8) is 0 Å². The van der Waals surface area contributed by atoms with E-state index in [9.17, 15) is 0 Å². The van der Waals surface area contributed by atoms with Crippen LogP contribution < -0.4 is 5.32 Å². The smallest absolute Gasteiger partial charge is 0.0518 e. The number of hydrogen-bond acceptors (Lipinski definition) is 3. The van der Waals surface area contributed by atoms with Gasteiger partial charge in [-0.2, -0.15) is 0 Å². The highest BCUT2D eigenvalue weighted by Gasteiger charge is 2.18. The second-order valence-corrected chi connectivity index (χ2v) is 5.44. The van der Waals surface area contributed by atoms with Crippen molar-refractivity contribution in [2.75, 3.05) is 33.3 Å². The molecule has 1 aliphatic rings. The largest absolute Gasteiger partial charge is 0.379 e. The molecular weight excluding hydrogens is 212 g/mol. The summed E-state index contributed by atoms with van der Waals surface area (Å²) in [4.78, 5) is 2.52. The average molecular weight is 242 g/mol. The number of likely N-dealkylation sites (N-methyl/N-ethyl adjacent to an activating group) is 1. The summed E-state index contributed by atoms with van der Waals surface area (Å²) < 4.78 is 5.50. The van der Waals surface area contributed by atoms with E-state index in [1.807, 2.05) is 0 Å². The molecule has 0 atom stereocenters. The summed E-state index contributed by atoms with van der Waals surface area (Å²) in [7, 11) is 2.26. The van der Waals surface area contributed by atoms with Crippen molar-refractivity contribution in [1.29, 1.82) is 0 Å². The number of hydrogen-bond donors (Lipinski definition) is 1. The van der Waals surface area contributed by atoms with Crippen LogP contribution >= 0.6 is 0 Å². The maximum Gasteiger partial charge on any atom is 0.0518 e. The Balaban J connectivity index is 1.86. The van der Waals surface area contributed by atoms with Crippen molar-refractivity contribution >= 4 is 0 Å². The molecule has 1 fully saturated rings. The van der Waals surface area contributed by atoms with E-state index in [4.69, 9.17) is 4.74 Å². The third-order valence-corrected chi connectivity index (χ3v) is 3.54. The Labute approximate surface area is 107 Å². The van der Waals surface area contributed by atoms with Crippen LogP contribution in [0, 0.1) is 0 Å². The van der Waals surface area contributed by atoms with E-state index in [1.165, 1.54) is 32.2 Å². The summed E-state index contributed by atoms with van der Waals surface area (Å²) in [6.45, 7) is 8.41. The van der Waals surface area contributed by atoms with Crippen LogP contribution in [0.15, 0.2) is 0 Å². The van der Waals surface area contributed by atoms with Crippen molar-refractivity contribution in [3.05, 3.63) is 0 Å². The number of rotatable bonds is 9. The monoisotopic (exact) mass is 242 g/mol. The zero-order chi connectivity index (χ0) is 12.5. The highest BCUT2D eigenvalue weighted by Crippen LogP contribution is 2.21. The second-order valence-electron chi connectivity index (χ2n) is 5.44. The summed E-state index contributed by atoms with van der Waals surface area (Å²) >= 11 is 0. The molecule has 1 rings (SSSR count). The van der Waals surface area contributed by atoms with E-state index in [0.717, 1.165) is 32.2 Å². The lowest BCUT2D eigenvalue weighted by Gasteiger charge is -2.23. The molecule has 0 heterocycles. The predicted molar refractivity (Wildman–Crippen MR) is 73.5 cm³/mol. The zero-order valence-electron chi connectivity index (χ0n) is 11.9. The van der Waals surface area contributed by atoms with Gasteiger partial charge >= 0.3 is 0 Å². The van der Waals surface area contributed by atoms with Gasteiger partial charge in [0, 0.05) is 25.7 Å². The van der Waals surface area contributed by atoms with Crippen LogP contribution in [0.5, 0.6) is 0 Å². The first-order valence-electron chi connectivity index (χ1n) is 7.22. The summed E-state index contributed by atoms with van der Waals surface area (Å²) in [6.07, 6.45) is 7.13. The molecule has 1 aliphatic carbocycles. The van der Waals surface area contributed by atoms with Gasteiger partial charge in [-0.1, -0.05) is 12.8 Å². The fourth-order valence-corrected chi connectivity index (χ4v) is 2.42. The molecule has 3 nitrogen and oxygen atoms in total. The molecule has 0 bridgehead atoms. The van der Waals surface area contributed by atoms with Crippen LogP contribution in [0.4, 0.5) is 0 Å². The fourth-order valence-electron chi connectivity index (χ4n) is 2.42. The lowest BCUT2D eigenvalue weighted by Crippen LogP contribution is -2.35. The lowest BCUT2D eigenvalue weighted by molar-refractivity contribution is 0.0770. The molecule has 102 valence electrons. The van der Waals surface area contributed by atoms with Crippen LogP contribution in [0.3, 0.4) is 0 Å². The second kappa shape index (κ2) is 8.90.